The highest BCUT2D eigenvalue weighted by molar-refractivity contribution is 7.13. The molecular formula is C18H25N5O2S. The predicted molar refractivity (Wildman–Crippen MR) is 104 cm³/mol. The molecule has 0 radical (unpaired) electrons. The number of rotatable bonds is 7. The Labute approximate surface area is 157 Å². The van der Waals surface area contributed by atoms with Gasteiger partial charge in [-0.25, -0.2) is 4.98 Å². The second kappa shape index (κ2) is 9.51. The van der Waals surface area contributed by atoms with Crippen LogP contribution in [0.15, 0.2) is 46.9 Å². The molecule has 26 heavy (non-hydrogen) atoms. The van der Waals surface area contributed by atoms with Crippen molar-refractivity contribution in [2.45, 2.75) is 12.7 Å². The normalized spacial score (nSPS) is 16.7. The van der Waals surface area contributed by atoms with Gasteiger partial charge in [-0.3, -0.25) is 4.99 Å². The fourth-order valence-electron chi connectivity index (χ4n) is 2.74. The van der Waals surface area contributed by atoms with Gasteiger partial charge >= 0.3 is 0 Å². The largest absolute Gasteiger partial charge is 0.389 e. The van der Waals surface area contributed by atoms with E-state index < -0.39 is 6.10 Å². The molecule has 1 fully saturated rings. The second-order valence-corrected chi connectivity index (χ2v) is 7.02. The molecule has 0 spiro atoms. The Morgan fingerprint density at radius 2 is 2.04 bits per heavy atom. The predicted octanol–water partition coefficient (Wildman–Crippen LogP) is 1.16. The van der Waals surface area contributed by atoms with Crippen LogP contribution in [0.2, 0.25) is 0 Å². The number of nitrogens with two attached hydrogens (primary N) is 1. The molecule has 1 aromatic carbocycles. The molecule has 0 bridgehead atoms. The molecule has 1 saturated heterocycles. The number of thiazole rings is 1. The maximum absolute atomic E-state index is 10.0. The first-order valence-corrected chi connectivity index (χ1v) is 9.59. The molecule has 1 aliphatic heterocycles. The first-order valence-electron chi connectivity index (χ1n) is 8.71. The Kier molecular flexibility index (Phi) is 6.82. The quantitative estimate of drug-likeness (QED) is 0.558. The highest BCUT2D eigenvalue weighted by Gasteiger charge is 2.20. The standard InChI is InChI=1S/C18H25N5O2S/c19-17(22-7-9-23(10-8-22)18-20-6-11-26-18)21-12-16(24)14-25-13-15-4-2-1-3-5-15/h1-6,11,16,24H,7-10,12-14H2,(H2,19,21). The molecule has 2 aromatic rings. The van der Waals surface area contributed by atoms with E-state index in [-0.39, 0.29) is 13.2 Å². The van der Waals surface area contributed by atoms with Crippen LogP contribution in [0.4, 0.5) is 5.13 Å². The van der Waals surface area contributed by atoms with E-state index in [1.165, 1.54) is 0 Å². The lowest BCUT2D eigenvalue weighted by Gasteiger charge is -2.35. The number of piperazine rings is 1. The Balaban J connectivity index is 1.36. The summed E-state index contributed by atoms with van der Waals surface area (Å²) >= 11 is 1.65. The zero-order chi connectivity index (χ0) is 18.2. The summed E-state index contributed by atoms with van der Waals surface area (Å²) in [4.78, 5) is 13.0. The molecule has 1 unspecified atom stereocenters. The van der Waals surface area contributed by atoms with E-state index in [4.69, 9.17) is 10.5 Å². The Hall–Kier alpha value is -2.16. The van der Waals surface area contributed by atoms with Gasteiger partial charge in [-0.15, -0.1) is 11.3 Å². The van der Waals surface area contributed by atoms with Crippen LogP contribution >= 0.6 is 11.3 Å². The van der Waals surface area contributed by atoms with Crippen LogP contribution in [-0.4, -0.2) is 66.4 Å². The number of aliphatic hydroxyl groups is 1. The lowest BCUT2D eigenvalue weighted by Crippen LogP contribution is -2.51. The summed E-state index contributed by atoms with van der Waals surface area (Å²) in [6.45, 7) is 4.30. The van der Waals surface area contributed by atoms with Crippen LogP contribution in [0.5, 0.6) is 0 Å². The minimum absolute atomic E-state index is 0.240. The Morgan fingerprint density at radius 1 is 1.27 bits per heavy atom. The van der Waals surface area contributed by atoms with Gasteiger partial charge in [0.2, 0.25) is 0 Å². The smallest absolute Gasteiger partial charge is 0.191 e. The average Bonchev–Trinajstić information content (AvgIpc) is 3.22. The van der Waals surface area contributed by atoms with Gasteiger partial charge in [0.15, 0.2) is 11.1 Å². The molecule has 8 heteroatoms. The number of hydrogen-bond donors (Lipinski definition) is 2. The van der Waals surface area contributed by atoms with Crippen LogP contribution < -0.4 is 10.6 Å². The molecule has 3 rings (SSSR count). The van der Waals surface area contributed by atoms with E-state index in [0.29, 0.717) is 12.6 Å². The van der Waals surface area contributed by atoms with Gasteiger partial charge in [0, 0.05) is 37.8 Å². The third kappa shape index (κ3) is 5.42. The molecule has 0 aliphatic carbocycles. The van der Waals surface area contributed by atoms with Crippen molar-refractivity contribution in [3.05, 3.63) is 47.5 Å². The van der Waals surface area contributed by atoms with Gasteiger partial charge in [-0.05, 0) is 5.56 Å². The first kappa shape index (κ1) is 18.6. The summed E-state index contributed by atoms with van der Waals surface area (Å²) in [6, 6.07) is 9.89. The fourth-order valence-corrected chi connectivity index (χ4v) is 3.43. The van der Waals surface area contributed by atoms with Crippen molar-refractivity contribution in [2.75, 3.05) is 44.2 Å². The average molecular weight is 375 g/mol. The first-order chi connectivity index (χ1) is 12.7. The van der Waals surface area contributed by atoms with E-state index in [1.807, 2.05) is 46.8 Å². The van der Waals surface area contributed by atoms with Crippen molar-refractivity contribution in [1.29, 1.82) is 0 Å². The van der Waals surface area contributed by atoms with Crippen molar-refractivity contribution in [3.8, 4) is 0 Å². The van der Waals surface area contributed by atoms with Gasteiger partial charge in [-0.1, -0.05) is 30.3 Å². The number of anilines is 1. The molecule has 140 valence electrons. The zero-order valence-electron chi connectivity index (χ0n) is 14.7. The monoisotopic (exact) mass is 375 g/mol. The summed E-state index contributed by atoms with van der Waals surface area (Å²) in [6.07, 6.45) is 1.16. The summed E-state index contributed by atoms with van der Waals surface area (Å²) in [5.41, 5.74) is 7.16. The van der Waals surface area contributed by atoms with E-state index in [1.54, 1.807) is 11.3 Å². The van der Waals surface area contributed by atoms with Crippen molar-refractivity contribution in [1.82, 2.24) is 9.88 Å². The highest BCUT2D eigenvalue weighted by atomic mass is 32.1. The van der Waals surface area contributed by atoms with Crippen molar-refractivity contribution in [3.63, 3.8) is 0 Å². The van der Waals surface area contributed by atoms with Gasteiger partial charge in [0.05, 0.1) is 25.9 Å². The summed E-state index contributed by atoms with van der Waals surface area (Å²) in [5.74, 6) is 0.478. The number of aliphatic hydroxyl groups excluding tert-OH is 1. The molecule has 0 amide bonds. The Morgan fingerprint density at radius 3 is 2.73 bits per heavy atom. The van der Waals surface area contributed by atoms with Crippen molar-refractivity contribution < 1.29 is 9.84 Å². The lowest BCUT2D eigenvalue weighted by molar-refractivity contribution is 0.0330. The number of nitrogens with zero attached hydrogens (tertiary/aromatic N) is 4. The molecule has 1 aromatic heterocycles. The van der Waals surface area contributed by atoms with Crippen molar-refractivity contribution >= 4 is 22.4 Å². The number of guanidine groups is 1. The fraction of sp³-hybridized carbons (Fsp3) is 0.444. The van der Waals surface area contributed by atoms with Crippen LogP contribution in [0.3, 0.4) is 0 Å². The number of ether oxygens (including phenoxy) is 1. The highest BCUT2D eigenvalue weighted by Crippen LogP contribution is 2.18. The van der Waals surface area contributed by atoms with E-state index in [2.05, 4.69) is 14.9 Å². The third-order valence-corrected chi connectivity index (χ3v) is 5.01. The zero-order valence-corrected chi connectivity index (χ0v) is 15.5. The van der Waals surface area contributed by atoms with Crippen LogP contribution in [0.25, 0.3) is 0 Å². The van der Waals surface area contributed by atoms with Crippen molar-refractivity contribution in [2.24, 2.45) is 10.7 Å². The second-order valence-electron chi connectivity index (χ2n) is 6.14. The Bertz CT molecular complexity index is 672. The van der Waals surface area contributed by atoms with Gasteiger partial charge in [0.25, 0.3) is 0 Å². The van der Waals surface area contributed by atoms with E-state index >= 15 is 0 Å². The van der Waals surface area contributed by atoms with Gasteiger partial charge in [0.1, 0.15) is 0 Å². The maximum Gasteiger partial charge on any atom is 0.191 e. The van der Waals surface area contributed by atoms with Crippen LogP contribution in [0, 0.1) is 0 Å². The minimum Gasteiger partial charge on any atom is -0.389 e. The number of aromatic nitrogens is 1. The number of benzene rings is 1. The molecule has 1 aliphatic rings. The third-order valence-electron chi connectivity index (χ3n) is 4.18. The number of aliphatic imine (C=N–C) groups is 1. The molecule has 7 nitrogen and oxygen atoms in total. The summed E-state index contributed by atoms with van der Waals surface area (Å²) in [7, 11) is 0. The molecule has 2 heterocycles. The summed E-state index contributed by atoms with van der Waals surface area (Å²) in [5, 5.41) is 13.1. The lowest BCUT2D eigenvalue weighted by atomic mass is 10.2. The van der Waals surface area contributed by atoms with E-state index in [0.717, 1.165) is 36.9 Å². The molecule has 1 atom stereocenters. The number of hydrogen-bond acceptors (Lipinski definition) is 6. The summed E-state index contributed by atoms with van der Waals surface area (Å²) < 4.78 is 5.53. The minimum atomic E-state index is -0.658. The van der Waals surface area contributed by atoms with Gasteiger partial charge in [-0.2, -0.15) is 0 Å². The SMILES string of the molecule is NC(=NCC(O)COCc1ccccc1)N1CCN(c2nccs2)CC1. The van der Waals surface area contributed by atoms with Crippen LogP contribution in [0.1, 0.15) is 5.56 Å². The topological polar surface area (TPSA) is 87.2 Å². The molecular weight excluding hydrogens is 350 g/mol. The van der Waals surface area contributed by atoms with E-state index in [9.17, 15) is 5.11 Å². The molecule has 0 saturated carbocycles. The van der Waals surface area contributed by atoms with Crippen LogP contribution in [-0.2, 0) is 11.3 Å². The molecule has 3 N–H and O–H groups in total. The van der Waals surface area contributed by atoms with Gasteiger partial charge < -0.3 is 25.4 Å². The maximum atomic E-state index is 10.0.